The molecule has 1 aromatic rings. The summed E-state index contributed by atoms with van der Waals surface area (Å²) in [6, 6.07) is 6.37. The molecule has 0 unspecified atom stereocenters. The SMILES string of the molecule is CN(CC(=O)NCCc1ccc(F)cc1)C[C@H]1CCOC1. The molecular formula is C16H23FN2O2. The molecule has 1 aromatic carbocycles. The van der Waals surface area contributed by atoms with Gasteiger partial charge in [0.1, 0.15) is 5.82 Å². The fourth-order valence-corrected chi connectivity index (χ4v) is 2.53. The van der Waals surface area contributed by atoms with Gasteiger partial charge in [0.2, 0.25) is 5.91 Å². The molecule has 0 spiro atoms. The van der Waals surface area contributed by atoms with Crippen LogP contribution in [-0.4, -0.2) is 50.7 Å². The van der Waals surface area contributed by atoms with Crippen LogP contribution in [0.25, 0.3) is 0 Å². The van der Waals surface area contributed by atoms with Crippen LogP contribution in [0.2, 0.25) is 0 Å². The molecule has 1 atom stereocenters. The number of ether oxygens (including phenoxy) is 1. The van der Waals surface area contributed by atoms with Crippen LogP contribution in [0, 0.1) is 11.7 Å². The highest BCUT2D eigenvalue weighted by Gasteiger charge is 2.18. The van der Waals surface area contributed by atoms with E-state index in [1.807, 2.05) is 11.9 Å². The topological polar surface area (TPSA) is 41.6 Å². The molecular weight excluding hydrogens is 271 g/mol. The largest absolute Gasteiger partial charge is 0.381 e. The Kier molecular flexibility index (Phi) is 6.14. The first-order valence-electron chi connectivity index (χ1n) is 7.41. The summed E-state index contributed by atoms with van der Waals surface area (Å²) in [7, 11) is 1.96. The maximum Gasteiger partial charge on any atom is 0.234 e. The number of hydrogen-bond donors (Lipinski definition) is 1. The zero-order chi connectivity index (χ0) is 15.1. The van der Waals surface area contributed by atoms with E-state index in [0.29, 0.717) is 25.4 Å². The molecule has 4 nitrogen and oxygen atoms in total. The minimum atomic E-state index is -0.236. The van der Waals surface area contributed by atoms with E-state index in [1.54, 1.807) is 12.1 Å². The van der Waals surface area contributed by atoms with Crippen molar-refractivity contribution in [3.63, 3.8) is 0 Å². The van der Waals surface area contributed by atoms with Crippen LogP contribution in [0.15, 0.2) is 24.3 Å². The number of carbonyl (C=O) groups is 1. The van der Waals surface area contributed by atoms with Gasteiger partial charge in [-0.2, -0.15) is 0 Å². The van der Waals surface area contributed by atoms with E-state index >= 15 is 0 Å². The van der Waals surface area contributed by atoms with Gasteiger partial charge in [0.05, 0.1) is 13.2 Å². The lowest BCUT2D eigenvalue weighted by molar-refractivity contribution is -0.122. The molecule has 0 radical (unpaired) electrons. The number of rotatable bonds is 7. The van der Waals surface area contributed by atoms with Crippen LogP contribution >= 0.6 is 0 Å². The number of hydrogen-bond acceptors (Lipinski definition) is 3. The summed E-state index contributed by atoms with van der Waals surface area (Å²) >= 11 is 0. The minimum absolute atomic E-state index is 0.0264. The Labute approximate surface area is 125 Å². The molecule has 1 N–H and O–H groups in total. The fraction of sp³-hybridized carbons (Fsp3) is 0.562. The summed E-state index contributed by atoms with van der Waals surface area (Å²) in [6.07, 6.45) is 1.79. The average molecular weight is 294 g/mol. The Balaban J connectivity index is 1.61. The Morgan fingerprint density at radius 3 is 2.86 bits per heavy atom. The highest BCUT2D eigenvalue weighted by Crippen LogP contribution is 2.12. The molecule has 1 amide bonds. The quantitative estimate of drug-likeness (QED) is 0.827. The van der Waals surface area contributed by atoms with Gasteiger partial charge in [-0.3, -0.25) is 9.69 Å². The van der Waals surface area contributed by atoms with Gasteiger partial charge in [-0.05, 0) is 43.5 Å². The smallest absolute Gasteiger partial charge is 0.234 e. The normalized spacial score (nSPS) is 18.1. The van der Waals surface area contributed by atoms with E-state index in [1.165, 1.54) is 12.1 Å². The molecule has 0 saturated carbocycles. The van der Waals surface area contributed by atoms with Gasteiger partial charge in [-0.1, -0.05) is 12.1 Å². The number of nitrogens with one attached hydrogen (secondary N) is 1. The predicted octanol–water partition coefficient (Wildman–Crippen LogP) is 1.45. The summed E-state index contributed by atoms with van der Waals surface area (Å²) in [5.74, 6) is 0.334. The van der Waals surface area contributed by atoms with Crippen molar-refractivity contribution in [1.29, 1.82) is 0 Å². The lowest BCUT2D eigenvalue weighted by Crippen LogP contribution is -2.38. The first-order valence-corrected chi connectivity index (χ1v) is 7.41. The van der Waals surface area contributed by atoms with Crippen LogP contribution in [0.5, 0.6) is 0 Å². The number of benzene rings is 1. The summed E-state index contributed by atoms with van der Waals surface area (Å²) in [5.41, 5.74) is 1.02. The molecule has 1 aliphatic rings. The van der Waals surface area contributed by atoms with Gasteiger partial charge in [-0.15, -0.1) is 0 Å². The summed E-state index contributed by atoms with van der Waals surface area (Å²) in [5, 5.41) is 2.90. The molecule has 1 saturated heterocycles. The van der Waals surface area contributed by atoms with Gasteiger partial charge in [0.25, 0.3) is 0 Å². The third-order valence-corrected chi connectivity index (χ3v) is 3.66. The predicted molar refractivity (Wildman–Crippen MR) is 79.5 cm³/mol. The van der Waals surface area contributed by atoms with Crippen LogP contribution < -0.4 is 5.32 Å². The van der Waals surface area contributed by atoms with Gasteiger partial charge in [0.15, 0.2) is 0 Å². The molecule has 116 valence electrons. The van der Waals surface area contributed by atoms with E-state index in [4.69, 9.17) is 4.74 Å². The molecule has 5 heteroatoms. The van der Waals surface area contributed by atoms with E-state index < -0.39 is 0 Å². The molecule has 0 aliphatic carbocycles. The third-order valence-electron chi connectivity index (χ3n) is 3.66. The number of likely N-dealkylation sites (N-methyl/N-ethyl adjacent to an activating group) is 1. The average Bonchev–Trinajstić information content (AvgIpc) is 2.93. The van der Waals surface area contributed by atoms with Gasteiger partial charge < -0.3 is 10.1 Å². The zero-order valence-electron chi connectivity index (χ0n) is 12.5. The molecule has 1 fully saturated rings. The summed E-state index contributed by atoms with van der Waals surface area (Å²) in [6.45, 7) is 3.51. The van der Waals surface area contributed by atoms with Gasteiger partial charge in [-0.25, -0.2) is 4.39 Å². The van der Waals surface area contributed by atoms with Crippen LogP contribution in [0.4, 0.5) is 4.39 Å². The zero-order valence-corrected chi connectivity index (χ0v) is 12.5. The molecule has 2 rings (SSSR count). The lowest BCUT2D eigenvalue weighted by Gasteiger charge is -2.19. The van der Waals surface area contributed by atoms with Crippen LogP contribution in [0.1, 0.15) is 12.0 Å². The minimum Gasteiger partial charge on any atom is -0.381 e. The fourth-order valence-electron chi connectivity index (χ4n) is 2.53. The van der Waals surface area contributed by atoms with Crippen molar-refractivity contribution >= 4 is 5.91 Å². The van der Waals surface area contributed by atoms with E-state index in [-0.39, 0.29) is 11.7 Å². The van der Waals surface area contributed by atoms with Crippen LogP contribution in [-0.2, 0) is 16.0 Å². The van der Waals surface area contributed by atoms with Crippen LogP contribution in [0.3, 0.4) is 0 Å². The molecule has 0 aromatic heterocycles. The lowest BCUT2D eigenvalue weighted by atomic mass is 10.1. The molecule has 1 aliphatic heterocycles. The Hall–Kier alpha value is -1.46. The number of halogens is 1. The molecule has 21 heavy (non-hydrogen) atoms. The second-order valence-corrected chi connectivity index (χ2v) is 5.65. The summed E-state index contributed by atoms with van der Waals surface area (Å²) < 4.78 is 18.1. The molecule has 0 bridgehead atoms. The van der Waals surface area contributed by atoms with E-state index in [2.05, 4.69) is 5.32 Å². The second kappa shape index (κ2) is 8.10. The first-order chi connectivity index (χ1) is 10.1. The van der Waals surface area contributed by atoms with E-state index in [0.717, 1.165) is 31.7 Å². The monoisotopic (exact) mass is 294 g/mol. The van der Waals surface area contributed by atoms with Crippen molar-refractivity contribution in [2.24, 2.45) is 5.92 Å². The van der Waals surface area contributed by atoms with Crippen molar-refractivity contribution in [3.05, 3.63) is 35.6 Å². The Morgan fingerprint density at radius 2 is 2.19 bits per heavy atom. The van der Waals surface area contributed by atoms with Crippen molar-refractivity contribution in [1.82, 2.24) is 10.2 Å². The number of carbonyl (C=O) groups excluding carboxylic acids is 1. The first kappa shape index (κ1) is 15.9. The van der Waals surface area contributed by atoms with Crippen molar-refractivity contribution in [3.8, 4) is 0 Å². The third kappa shape index (κ3) is 5.81. The number of nitrogens with zero attached hydrogens (tertiary/aromatic N) is 1. The van der Waals surface area contributed by atoms with Crippen molar-refractivity contribution < 1.29 is 13.9 Å². The van der Waals surface area contributed by atoms with Gasteiger partial charge in [0, 0.05) is 19.7 Å². The maximum atomic E-state index is 12.8. The Morgan fingerprint density at radius 1 is 1.43 bits per heavy atom. The van der Waals surface area contributed by atoms with Crippen molar-refractivity contribution in [2.45, 2.75) is 12.8 Å². The number of amides is 1. The van der Waals surface area contributed by atoms with Crippen molar-refractivity contribution in [2.75, 3.05) is 39.9 Å². The maximum absolute atomic E-state index is 12.8. The second-order valence-electron chi connectivity index (χ2n) is 5.65. The molecule has 1 heterocycles. The highest BCUT2D eigenvalue weighted by molar-refractivity contribution is 5.77. The standard InChI is InChI=1S/C16H23FN2O2/c1-19(10-14-7-9-21-12-14)11-16(20)18-8-6-13-2-4-15(17)5-3-13/h2-5,14H,6-12H2,1H3,(H,18,20)/t14-/m1/s1. The Bertz CT molecular complexity index is 444. The summed E-state index contributed by atoms with van der Waals surface area (Å²) in [4.78, 5) is 13.9. The van der Waals surface area contributed by atoms with Gasteiger partial charge >= 0.3 is 0 Å². The highest BCUT2D eigenvalue weighted by atomic mass is 19.1. The van der Waals surface area contributed by atoms with E-state index in [9.17, 15) is 9.18 Å².